The van der Waals surface area contributed by atoms with Gasteiger partial charge in [0, 0.05) is 6.61 Å². The summed E-state index contributed by atoms with van der Waals surface area (Å²) in [5.74, 6) is 0.597. The molecule has 1 N–H and O–H groups in total. The Morgan fingerprint density at radius 3 is 2.75 bits per heavy atom. The molecule has 0 spiro atoms. The molecule has 2 heteroatoms. The van der Waals surface area contributed by atoms with E-state index in [1.54, 1.807) is 6.08 Å². The Labute approximate surface area is 74.2 Å². The number of rotatable bonds is 6. The fourth-order valence-electron chi connectivity index (χ4n) is 1.48. The Morgan fingerprint density at radius 2 is 2.33 bits per heavy atom. The summed E-state index contributed by atoms with van der Waals surface area (Å²) in [5, 5.41) is 9.65. The van der Waals surface area contributed by atoms with Gasteiger partial charge in [-0.3, -0.25) is 0 Å². The molecule has 70 valence electrons. The predicted molar refractivity (Wildman–Crippen MR) is 49.0 cm³/mol. The zero-order chi connectivity index (χ0) is 8.97. The van der Waals surface area contributed by atoms with E-state index in [0.717, 1.165) is 0 Å². The van der Waals surface area contributed by atoms with Crippen LogP contribution in [0.5, 0.6) is 0 Å². The lowest BCUT2D eigenvalue weighted by Gasteiger charge is -2.21. The van der Waals surface area contributed by atoms with Crippen molar-refractivity contribution in [3.05, 3.63) is 12.7 Å². The maximum Gasteiger partial charge on any atom is 0.0864 e. The van der Waals surface area contributed by atoms with Gasteiger partial charge in [0.2, 0.25) is 0 Å². The molecule has 0 heterocycles. The molecular weight excluding hydrogens is 152 g/mol. The third-order valence-corrected chi connectivity index (χ3v) is 2.23. The standard InChI is InChI=1S/C10H18O2/c1-3-5-9(11)10(12-4-2)8-6-7-8/h3,8-11H,1,4-7H2,2H3. The highest BCUT2D eigenvalue weighted by atomic mass is 16.5. The van der Waals surface area contributed by atoms with E-state index in [4.69, 9.17) is 4.74 Å². The molecule has 2 atom stereocenters. The molecule has 1 rings (SSSR count). The van der Waals surface area contributed by atoms with Crippen LogP contribution in [-0.4, -0.2) is 23.9 Å². The van der Waals surface area contributed by atoms with Gasteiger partial charge in [-0.15, -0.1) is 6.58 Å². The van der Waals surface area contributed by atoms with Crippen LogP contribution in [0.25, 0.3) is 0 Å². The molecule has 0 amide bonds. The summed E-state index contributed by atoms with van der Waals surface area (Å²) in [6.07, 6.45) is 4.50. The Hall–Kier alpha value is -0.340. The monoisotopic (exact) mass is 170 g/mol. The van der Waals surface area contributed by atoms with E-state index in [1.807, 2.05) is 6.92 Å². The maximum absolute atomic E-state index is 9.65. The normalized spacial score (nSPS) is 21.8. The molecule has 0 aromatic heterocycles. The first kappa shape index (κ1) is 9.75. The lowest BCUT2D eigenvalue weighted by molar-refractivity contribution is -0.0428. The molecule has 1 saturated carbocycles. The minimum absolute atomic E-state index is 0.0491. The van der Waals surface area contributed by atoms with Gasteiger partial charge in [0.25, 0.3) is 0 Å². The first-order valence-corrected chi connectivity index (χ1v) is 4.70. The maximum atomic E-state index is 9.65. The Bertz CT molecular complexity index is 141. The van der Waals surface area contributed by atoms with Crippen molar-refractivity contribution in [3.63, 3.8) is 0 Å². The number of ether oxygens (including phenoxy) is 1. The quantitative estimate of drug-likeness (QED) is 0.615. The van der Waals surface area contributed by atoms with Crippen LogP contribution in [0, 0.1) is 5.92 Å². The minimum Gasteiger partial charge on any atom is -0.390 e. The number of hydrogen-bond donors (Lipinski definition) is 1. The molecular formula is C10H18O2. The lowest BCUT2D eigenvalue weighted by Crippen LogP contribution is -2.30. The van der Waals surface area contributed by atoms with E-state index in [1.165, 1.54) is 12.8 Å². The summed E-state index contributed by atoms with van der Waals surface area (Å²) in [6, 6.07) is 0. The highest BCUT2D eigenvalue weighted by Crippen LogP contribution is 2.36. The second-order valence-electron chi connectivity index (χ2n) is 3.35. The molecule has 2 unspecified atom stereocenters. The summed E-state index contributed by atoms with van der Waals surface area (Å²) in [6.45, 7) is 6.27. The Morgan fingerprint density at radius 1 is 1.67 bits per heavy atom. The summed E-state index contributed by atoms with van der Waals surface area (Å²) in [4.78, 5) is 0. The van der Waals surface area contributed by atoms with Crippen LogP contribution in [0.1, 0.15) is 26.2 Å². The van der Waals surface area contributed by atoms with Crippen molar-refractivity contribution in [3.8, 4) is 0 Å². The molecule has 0 aromatic carbocycles. The first-order chi connectivity index (χ1) is 5.79. The van der Waals surface area contributed by atoms with Gasteiger partial charge in [-0.1, -0.05) is 6.08 Å². The van der Waals surface area contributed by atoms with Gasteiger partial charge in [0.15, 0.2) is 0 Å². The summed E-state index contributed by atoms with van der Waals surface area (Å²) in [7, 11) is 0. The fourth-order valence-corrected chi connectivity index (χ4v) is 1.48. The number of hydrogen-bond acceptors (Lipinski definition) is 2. The van der Waals surface area contributed by atoms with Crippen molar-refractivity contribution in [1.82, 2.24) is 0 Å². The van der Waals surface area contributed by atoms with E-state index in [-0.39, 0.29) is 12.2 Å². The van der Waals surface area contributed by atoms with E-state index >= 15 is 0 Å². The van der Waals surface area contributed by atoms with Crippen LogP contribution in [0.4, 0.5) is 0 Å². The van der Waals surface area contributed by atoms with Crippen LogP contribution in [0.2, 0.25) is 0 Å². The smallest absolute Gasteiger partial charge is 0.0864 e. The first-order valence-electron chi connectivity index (χ1n) is 4.70. The van der Waals surface area contributed by atoms with Gasteiger partial charge in [-0.25, -0.2) is 0 Å². The van der Waals surface area contributed by atoms with Crippen molar-refractivity contribution in [2.75, 3.05) is 6.61 Å². The van der Waals surface area contributed by atoms with Crippen LogP contribution in [0.3, 0.4) is 0 Å². The van der Waals surface area contributed by atoms with Gasteiger partial charge in [-0.05, 0) is 32.1 Å². The van der Waals surface area contributed by atoms with E-state index in [9.17, 15) is 5.11 Å². The molecule has 1 aliphatic carbocycles. The van der Waals surface area contributed by atoms with Gasteiger partial charge in [0.05, 0.1) is 12.2 Å². The second kappa shape index (κ2) is 4.63. The highest BCUT2D eigenvalue weighted by molar-refractivity contribution is 4.89. The molecule has 1 aliphatic rings. The molecule has 12 heavy (non-hydrogen) atoms. The van der Waals surface area contributed by atoms with E-state index in [0.29, 0.717) is 18.9 Å². The molecule has 1 fully saturated rings. The molecule has 0 bridgehead atoms. The van der Waals surface area contributed by atoms with Crippen LogP contribution in [-0.2, 0) is 4.74 Å². The average molecular weight is 170 g/mol. The fraction of sp³-hybridized carbons (Fsp3) is 0.800. The van der Waals surface area contributed by atoms with Crippen LogP contribution in [0.15, 0.2) is 12.7 Å². The van der Waals surface area contributed by atoms with Gasteiger partial charge < -0.3 is 9.84 Å². The van der Waals surface area contributed by atoms with Gasteiger partial charge >= 0.3 is 0 Å². The summed E-state index contributed by atoms with van der Waals surface area (Å²) in [5.41, 5.74) is 0. The molecule has 0 radical (unpaired) electrons. The Kier molecular flexibility index (Phi) is 3.76. The second-order valence-corrected chi connectivity index (χ2v) is 3.35. The van der Waals surface area contributed by atoms with E-state index in [2.05, 4.69) is 6.58 Å². The molecule has 0 saturated heterocycles. The van der Waals surface area contributed by atoms with Crippen molar-refractivity contribution >= 4 is 0 Å². The molecule has 2 nitrogen and oxygen atoms in total. The summed E-state index contributed by atoms with van der Waals surface area (Å²) < 4.78 is 5.48. The van der Waals surface area contributed by atoms with Gasteiger partial charge in [-0.2, -0.15) is 0 Å². The van der Waals surface area contributed by atoms with Crippen molar-refractivity contribution in [2.24, 2.45) is 5.92 Å². The van der Waals surface area contributed by atoms with Gasteiger partial charge in [0.1, 0.15) is 0 Å². The number of aliphatic hydroxyl groups is 1. The topological polar surface area (TPSA) is 29.5 Å². The third-order valence-electron chi connectivity index (χ3n) is 2.23. The number of aliphatic hydroxyl groups excluding tert-OH is 1. The zero-order valence-corrected chi connectivity index (χ0v) is 7.70. The van der Waals surface area contributed by atoms with Crippen LogP contribution >= 0.6 is 0 Å². The largest absolute Gasteiger partial charge is 0.390 e. The summed E-state index contributed by atoms with van der Waals surface area (Å²) >= 11 is 0. The third kappa shape index (κ3) is 2.61. The van der Waals surface area contributed by atoms with Crippen molar-refractivity contribution in [1.29, 1.82) is 0 Å². The van der Waals surface area contributed by atoms with Crippen LogP contribution < -0.4 is 0 Å². The molecule has 0 aliphatic heterocycles. The average Bonchev–Trinajstić information content (AvgIpc) is 2.83. The molecule has 0 aromatic rings. The predicted octanol–water partition coefficient (Wildman–Crippen LogP) is 1.74. The Balaban J connectivity index is 2.34. The van der Waals surface area contributed by atoms with Crippen molar-refractivity contribution in [2.45, 2.75) is 38.4 Å². The zero-order valence-electron chi connectivity index (χ0n) is 7.70. The lowest BCUT2D eigenvalue weighted by atomic mass is 10.1. The minimum atomic E-state index is -0.352. The SMILES string of the molecule is C=CCC(O)C(OCC)C1CC1. The van der Waals surface area contributed by atoms with Crippen molar-refractivity contribution < 1.29 is 9.84 Å². The highest BCUT2D eigenvalue weighted by Gasteiger charge is 2.35. The van der Waals surface area contributed by atoms with E-state index < -0.39 is 0 Å².